The van der Waals surface area contributed by atoms with Crippen LogP contribution in [-0.4, -0.2) is 10.8 Å². The van der Waals surface area contributed by atoms with Crippen LogP contribution in [0, 0.1) is 13.8 Å². The number of fused-ring (bicyclic) bond motifs is 1. The third kappa shape index (κ3) is 2.90. The van der Waals surface area contributed by atoms with Crippen LogP contribution in [0.1, 0.15) is 35.3 Å². The molecule has 0 amide bonds. The zero-order valence-corrected chi connectivity index (χ0v) is 14.4. The highest BCUT2D eigenvalue weighted by Crippen LogP contribution is 2.36. The molecule has 0 fully saturated rings. The van der Waals surface area contributed by atoms with Gasteiger partial charge in [0.05, 0.1) is 23.1 Å². The number of para-hydroxylation sites is 2. The molecule has 26 heavy (non-hydrogen) atoms. The number of nitrogens with one attached hydrogen (secondary N) is 1. The minimum absolute atomic E-state index is 0.0855. The van der Waals surface area contributed by atoms with Crippen molar-refractivity contribution in [3.63, 3.8) is 0 Å². The maximum Gasteiger partial charge on any atom is 0.348 e. The Bertz CT molecular complexity index is 1060. The molecule has 1 aliphatic heterocycles. The van der Waals surface area contributed by atoms with Crippen LogP contribution < -0.4 is 10.9 Å². The van der Waals surface area contributed by atoms with E-state index in [1.54, 1.807) is 6.92 Å². The number of benzene rings is 1. The lowest BCUT2D eigenvalue weighted by atomic mass is 10.0. The Morgan fingerprint density at radius 2 is 1.92 bits per heavy atom. The van der Waals surface area contributed by atoms with Gasteiger partial charge in [-0.25, -0.2) is 4.79 Å². The molecule has 1 aliphatic rings. The third-order valence-corrected chi connectivity index (χ3v) is 4.33. The van der Waals surface area contributed by atoms with Gasteiger partial charge in [0.1, 0.15) is 28.6 Å². The maximum atomic E-state index is 12.4. The van der Waals surface area contributed by atoms with Gasteiger partial charge in [-0.05, 0) is 38.1 Å². The highest BCUT2D eigenvalue weighted by atomic mass is 16.4. The monoisotopic (exact) mass is 350 g/mol. The van der Waals surface area contributed by atoms with Crippen molar-refractivity contribution in [1.82, 2.24) is 0 Å². The van der Waals surface area contributed by atoms with E-state index in [2.05, 4.69) is 10.3 Å². The topological polar surface area (TPSA) is 88.0 Å². The van der Waals surface area contributed by atoms with Crippen LogP contribution in [0.3, 0.4) is 0 Å². The molecule has 1 aromatic carbocycles. The van der Waals surface area contributed by atoms with Gasteiger partial charge in [-0.3, -0.25) is 4.99 Å². The molecule has 0 bridgehead atoms. The van der Waals surface area contributed by atoms with Crippen molar-refractivity contribution in [3.05, 3.63) is 75.7 Å². The molecular weight excluding hydrogens is 332 g/mol. The Kier molecular flexibility index (Phi) is 3.88. The summed E-state index contributed by atoms with van der Waals surface area (Å²) in [4.78, 5) is 17.0. The molecule has 0 aliphatic carbocycles. The van der Waals surface area contributed by atoms with Gasteiger partial charge in [0.15, 0.2) is 0 Å². The van der Waals surface area contributed by atoms with Gasteiger partial charge in [-0.15, -0.1) is 0 Å². The predicted molar refractivity (Wildman–Crippen MR) is 98.4 cm³/mol. The molecule has 0 saturated heterocycles. The van der Waals surface area contributed by atoms with E-state index in [1.165, 1.54) is 6.07 Å². The van der Waals surface area contributed by atoms with Gasteiger partial charge in [-0.2, -0.15) is 0 Å². The second-order valence-electron chi connectivity index (χ2n) is 6.33. The van der Waals surface area contributed by atoms with E-state index in [1.807, 2.05) is 43.3 Å². The quantitative estimate of drug-likeness (QED) is 0.722. The molecule has 6 nitrogen and oxygen atoms in total. The number of hydrogen-bond donors (Lipinski definition) is 2. The summed E-state index contributed by atoms with van der Waals surface area (Å²) in [6, 6.07) is 12.5. The highest BCUT2D eigenvalue weighted by molar-refractivity contribution is 6.05. The molecule has 0 saturated carbocycles. The minimum Gasteiger partial charge on any atom is -0.507 e. The second kappa shape index (κ2) is 6.22. The van der Waals surface area contributed by atoms with Gasteiger partial charge < -0.3 is 19.3 Å². The Morgan fingerprint density at radius 3 is 2.65 bits per heavy atom. The first-order valence-corrected chi connectivity index (χ1v) is 8.35. The lowest BCUT2D eigenvalue weighted by Crippen LogP contribution is -2.19. The van der Waals surface area contributed by atoms with E-state index in [0.717, 1.165) is 17.2 Å². The Balaban J connectivity index is 1.88. The fourth-order valence-electron chi connectivity index (χ4n) is 3.15. The van der Waals surface area contributed by atoms with E-state index < -0.39 is 5.63 Å². The SMILES string of the molecule is Cc1ccc([C@H]2CC(c3c(O)cc(C)oc3=O)=Nc3ccccc3N2)o1. The molecule has 132 valence electrons. The molecule has 4 rings (SSSR count). The number of anilines is 1. The lowest BCUT2D eigenvalue weighted by molar-refractivity contribution is 0.431. The van der Waals surface area contributed by atoms with Crippen molar-refractivity contribution in [2.24, 2.45) is 4.99 Å². The largest absolute Gasteiger partial charge is 0.507 e. The van der Waals surface area contributed by atoms with E-state index >= 15 is 0 Å². The van der Waals surface area contributed by atoms with E-state index in [0.29, 0.717) is 23.6 Å². The van der Waals surface area contributed by atoms with Crippen molar-refractivity contribution in [1.29, 1.82) is 0 Å². The normalized spacial score (nSPS) is 16.4. The van der Waals surface area contributed by atoms with Crippen LogP contribution in [0.2, 0.25) is 0 Å². The summed E-state index contributed by atoms with van der Waals surface area (Å²) in [5.74, 6) is 1.76. The lowest BCUT2D eigenvalue weighted by Gasteiger charge is -2.16. The van der Waals surface area contributed by atoms with Gasteiger partial charge in [0.25, 0.3) is 0 Å². The van der Waals surface area contributed by atoms with Crippen molar-refractivity contribution < 1.29 is 13.9 Å². The second-order valence-corrected chi connectivity index (χ2v) is 6.33. The van der Waals surface area contributed by atoms with Crippen molar-refractivity contribution in [2.45, 2.75) is 26.3 Å². The third-order valence-electron chi connectivity index (χ3n) is 4.33. The summed E-state index contributed by atoms with van der Waals surface area (Å²) >= 11 is 0. The maximum absolute atomic E-state index is 12.4. The first-order valence-electron chi connectivity index (χ1n) is 8.35. The zero-order chi connectivity index (χ0) is 18.3. The average Bonchev–Trinajstić information content (AvgIpc) is 2.92. The molecule has 0 spiro atoms. The molecule has 0 radical (unpaired) electrons. The number of rotatable bonds is 2. The first-order chi connectivity index (χ1) is 12.5. The highest BCUT2D eigenvalue weighted by Gasteiger charge is 2.26. The van der Waals surface area contributed by atoms with Crippen LogP contribution in [0.25, 0.3) is 0 Å². The molecule has 6 heteroatoms. The van der Waals surface area contributed by atoms with Crippen LogP contribution in [0.15, 0.2) is 61.1 Å². The molecule has 2 N–H and O–H groups in total. The van der Waals surface area contributed by atoms with Crippen LogP contribution in [0.5, 0.6) is 5.75 Å². The molecule has 3 aromatic rings. The number of aliphatic imine (C=N–C) groups is 1. The van der Waals surface area contributed by atoms with Crippen LogP contribution >= 0.6 is 0 Å². The molecule has 1 atom stereocenters. The van der Waals surface area contributed by atoms with Gasteiger partial charge in [0.2, 0.25) is 0 Å². The fourth-order valence-corrected chi connectivity index (χ4v) is 3.15. The van der Waals surface area contributed by atoms with Crippen LogP contribution in [0.4, 0.5) is 11.4 Å². The number of furan rings is 1. The number of hydrogen-bond acceptors (Lipinski definition) is 6. The van der Waals surface area contributed by atoms with E-state index in [9.17, 15) is 9.90 Å². The van der Waals surface area contributed by atoms with Crippen LogP contribution in [-0.2, 0) is 0 Å². The smallest absolute Gasteiger partial charge is 0.348 e. The fraction of sp³-hybridized carbons (Fsp3) is 0.200. The standard InChI is InChI=1S/C20H18N2O4/c1-11-7-8-18(25-11)15-10-16(19-17(23)9-12(2)26-20(19)24)22-14-6-4-3-5-13(14)21-15/h3-9,15,21,23H,10H2,1-2H3/t15-/m1/s1. The Labute approximate surface area is 149 Å². The molecule has 3 heterocycles. The van der Waals surface area contributed by atoms with Crippen molar-refractivity contribution >= 4 is 17.1 Å². The van der Waals surface area contributed by atoms with Crippen molar-refractivity contribution in [3.8, 4) is 5.75 Å². The zero-order valence-electron chi connectivity index (χ0n) is 14.4. The van der Waals surface area contributed by atoms with E-state index in [-0.39, 0.29) is 17.4 Å². The summed E-state index contributed by atoms with van der Waals surface area (Å²) in [5.41, 5.74) is 1.45. The van der Waals surface area contributed by atoms with Gasteiger partial charge in [0, 0.05) is 12.5 Å². The summed E-state index contributed by atoms with van der Waals surface area (Å²) in [7, 11) is 0. The summed E-state index contributed by atoms with van der Waals surface area (Å²) in [6.45, 7) is 3.49. The number of aryl methyl sites for hydroxylation is 2. The average molecular weight is 350 g/mol. The number of aromatic hydroxyl groups is 1. The van der Waals surface area contributed by atoms with Gasteiger partial charge >= 0.3 is 5.63 Å². The molecule has 0 unspecified atom stereocenters. The molecule has 2 aromatic heterocycles. The number of nitrogens with zero attached hydrogens (tertiary/aromatic N) is 1. The van der Waals surface area contributed by atoms with Crippen molar-refractivity contribution in [2.75, 3.05) is 5.32 Å². The summed E-state index contributed by atoms with van der Waals surface area (Å²) < 4.78 is 11.0. The van der Waals surface area contributed by atoms with Gasteiger partial charge in [-0.1, -0.05) is 12.1 Å². The first kappa shape index (κ1) is 16.2. The molecular formula is C20H18N2O4. The van der Waals surface area contributed by atoms with E-state index in [4.69, 9.17) is 8.83 Å². The summed E-state index contributed by atoms with van der Waals surface area (Å²) in [5, 5.41) is 13.8. The minimum atomic E-state index is -0.602. The Morgan fingerprint density at radius 1 is 1.12 bits per heavy atom. The predicted octanol–water partition coefficient (Wildman–Crippen LogP) is 4.23. The Hall–Kier alpha value is -3.28. The summed E-state index contributed by atoms with van der Waals surface area (Å²) in [6.07, 6.45) is 0.364.